The van der Waals surface area contributed by atoms with Crippen molar-refractivity contribution < 1.29 is 4.74 Å². The first-order chi connectivity index (χ1) is 10.4. The van der Waals surface area contributed by atoms with E-state index in [2.05, 4.69) is 52.1 Å². The molecule has 3 rings (SSSR count). The van der Waals surface area contributed by atoms with Gasteiger partial charge in [-0.25, -0.2) is 9.97 Å². The summed E-state index contributed by atoms with van der Waals surface area (Å²) in [4.78, 5) is 11.1. The molecule has 1 aromatic carbocycles. The smallest absolute Gasteiger partial charge is 0.225 e. The van der Waals surface area contributed by atoms with Crippen LogP contribution in [0.5, 0.6) is 0 Å². The maximum Gasteiger partial charge on any atom is 0.225 e. The van der Waals surface area contributed by atoms with E-state index in [1.54, 1.807) is 12.4 Å². The lowest BCUT2D eigenvalue weighted by Gasteiger charge is -2.28. The molecule has 1 aliphatic heterocycles. The lowest BCUT2D eigenvalue weighted by molar-refractivity contribution is 0.0570. The lowest BCUT2D eigenvalue weighted by atomic mass is 10.0. The van der Waals surface area contributed by atoms with E-state index in [-0.39, 0.29) is 6.10 Å². The van der Waals surface area contributed by atoms with Crippen molar-refractivity contribution in [1.82, 2.24) is 9.97 Å². The van der Waals surface area contributed by atoms with Crippen molar-refractivity contribution in [3.8, 4) is 0 Å². The summed E-state index contributed by atoms with van der Waals surface area (Å²) in [6.45, 7) is 3.76. The Morgan fingerprint density at radius 2 is 1.90 bits per heavy atom. The van der Waals surface area contributed by atoms with Crippen molar-refractivity contribution in [2.45, 2.75) is 31.9 Å². The molecule has 0 spiro atoms. The minimum atomic E-state index is 0.249. The van der Waals surface area contributed by atoms with Crippen molar-refractivity contribution in [3.63, 3.8) is 0 Å². The van der Waals surface area contributed by atoms with E-state index < -0.39 is 0 Å². The zero-order valence-corrected chi connectivity index (χ0v) is 12.4. The molecular weight excluding hydrogens is 262 g/mol. The number of hydrogen-bond donors (Lipinski definition) is 0. The first kappa shape index (κ1) is 14.0. The molecule has 0 N–H and O–H groups in total. The largest absolute Gasteiger partial charge is 0.376 e. The zero-order chi connectivity index (χ0) is 14.5. The van der Waals surface area contributed by atoms with E-state index >= 15 is 0 Å². The van der Waals surface area contributed by atoms with Gasteiger partial charge in [0.2, 0.25) is 5.95 Å². The molecule has 1 fully saturated rings. The Kier molecular flexibility index (Phi) is 4.46. The van der Waals surface area contributed by atoms with Crippen LogP contribution >= 0.6 is 0 Å². The van der Waals surface area contributed by atoms with Crippen LogP contribution in [-0.2, 0) is 11.2 Å². The van der Waals surface area contributed by atoms with Gasteiger partial charge in [-0.15, -0.1) is 0 Å². The van der Waals surface area contributed by atoms with Gasteiger partial charge in [0.05, 0.1) is 12.1 Å². The van der Waals surface area contributed by atoms with Gasteiger partial charge in [-0.2, -0.15) is 0 Å². The van der Waals surface area contributed by atoms with Crippen molar-refractivity contribution in [1.29, 1.82) is 0 Å². The maximum absolute atomic E-state index is 5.94. The van der Waals surface area contributed by atoms with Crippen molar-refractivity contribution in [2.75, 3.05) is 18.1 Å². The van der Waals surface area contributed by atoms with Crippen LogP contribution in [-0.4, -0.2) is 35.3 Å². The maximum atomic E-state index is 5.94. The second-order valence-corrected chi connectivity index (χ2v) is 5.28. The number of rotatable bonds is 5. The van der Waals surface area contributed by atoms with Crippen LogP contribution < -0.4 is 4.90 Å². The summed E-state index contributed by atoms with van der Waals surface area (Å²) < 4.78 is 5.94. The standard InChI is InChI=1S/C17H21N3O/c1-2-21-16-9-12-20(17-18-10-6-11-19-17)15(16)13-14-7-4-3-5-8-14/h3-8,10-11,15-16H,2,9,12-13H2,1H3/t15-,16-/m1/s1. The van der Waals surface area contributed by atoms with E-state index in [4.69, 9.17) is 4.74 Å². The molecule has 0 radical (unpaired) electrons. The molecule has 2 aromatic rings. The highest BCUT2D eigenvalue weighted by Gasteiger charge is 2.36. The van der Waals surface area contributed by atoms with E-state index in [0.717, 1.165) is 31.9 Å². The predicted molar refractivity (Wildman–Crippen MR) is 83.3 cm³/mol. The lowest BCUT2D eigenvalue weighted by Crippen LogP contribution is -2.39. The fourth-order valence-electron chi connectivity index (χ4n) is 3.02. The summed E-state index contributed by atoms with van der Waals surface area (Å²) in [5.41, 5.74) is 1.33. The van der Waals surface area contributed by atoms with Crippen molar-refractivity contribution >= 4 is 5.95 Å². The number of anilines is 1. The monoisotopic (exact) mass is 283 g/mol. The van der Waals surface area contributed by atoms with Gasteiger partial charge in [0.1, 0.15) is 0 Å². The van der Waals surface area contributed by atoms with Crippen molar-refractivity contribution in [2.24, 2.45) is 0 Å². The Bertz CT molecular complexity index is 546. The van der Waals surface area contributed by atoms with Crippen LogP contribution in [0, 0.1) is 0 Å². The second-order valence-electron chi connectivity index (χ2n) is 5.28. The van der Waals surface area contributed by atoms with E-state index in [1.807, 2.05) is 6.07 Å². The molecule has 0 amide bonds. The fourth-order valence-corrected chi connectivity index (χ4v) is 3.02. The molecule has 1 aromatic heterocycles. The predicted octanol–water partition coefficient (Wildman–Crippen LogP) is 2.70. The number of aromatic nitrogens is 2. The summed E-state index contributed by atoms with van der Waals surface area (Å²) in [6, 6.07) is 12.7. The van der Waals surface area contributed by atoms with Gasteiger partial charge < -0.3 is 9.64 Å². The fraction of sp³-hybridized carbons (Fsp3) is 0.412. The Morgan fingerprint density at radius 3 is 2.62 bits per heavy atom. The van der Waals surface area contributed by atoms with Gasteiger partial charge in [-0.1, -0.05) is 30.3 Å². The van der Waals surface area contributed by atoms with Crippen LogP contribution in [0.1, 0.15) is 18.9 Å². The SMILES string of the molecule is CCO[C@@H]1CCN(c2ncccn2)[C@@H]1Cc1ccccc1. The Balaban J connectivity index is 1.82. The van der Waals surface area contributed by atoms with Crippen molar-refractivity contribution in [3.05, 3.63) is 54.4 Å². The molecule has 1 aliphatic rings. The zero-order valence-electron chi connectivity index (χ0n) is 12.4. The molecule has 21 heavy (non-hydrogen) atoms. The molecule has 4 nitrogen and oxygen atoms in total. The Labute approximate surface area is 125 Å². The number of nitrogens with zero attached hydrogens (tertiary/aromatic N) is 3. The number of ether oxygens (including phenoxy) is 1. The third-order valence-electron chi connectivity index (χ3n) is 3.96. The third kappa shape index (κ3) is 3.22. The topological polar surface area (TPSA) is 38.2 Å². The Hall–Kier alpha value is -1.94. The minimum absolute atomic E-state index is 0.249. The first-order valence-electron chi connectivity index (χ1n) is 7.57. The van der Waals surface area contributed by atoms with E-state index in [0.29, 0.717) is 6.04 Å². The average molecular weight is 283 g/mol. The van der Waals surface area contributed by atoms with Gasteiger partial charge in [-0.3, -0.25) is 0 Å². The summed E-state index contributed by atoms with van der Waals surface area (Å²) in [5.74, 6) is 0.806. The summed E-state index contributed by atoms with van der Waals surface area (Å²) >= 11 is 0. The molecule has 110 valence electrons. The first-order valence-corrected chi connectivity index (χ1v) is 7.57. The van der Waals surface area contributed by atoms with Crippen LogP contribution in [0.3, 0.4) is 0 Å². The van der Waals surface area contributed by atoms with Gasteiger partial charge in [-0.05, 0) is 31.4 Å². The van der Waals surface area contributed by atoms with Crippen LogP contribution in [0.4, 0.5) is 5.95 Å². The minimum Gasteiger partial charge on any atom is -0.376 e. The third-order valence-corrected chi connectivity index (χ3v) is 3.96. The Morgan fingerprint density at radius 1 is 1.14 bits per heavy atom. The van der Waals surface area contributed by atoms with E-state index in [9.17, 15) is 0 Å². The molecule has 0 bridgehead atoms. The second kappa shape index (κ2) is 6.68. The molecule has 0 saturated carbocycles. The highest BCUT2D eigenvalue weighted by molar-refractivity contribution is 5.35. The van der Waals surface area contributed by atoms with Gasteiger partial charge in [0.25, 0.3) is 0 Å². The van der Waals surface area contributed by atoms with Crippen LogP contribution in [0.2, 0.25) is 0 Å². The van der Waals surface area contributed by atoms with Crippen LogP contribution in [0.15, 0.2) is 48.8 Å². The quantitative estimate of drug-likeness (QED) is 0.845. The molecule has 4 heteroatoms. The molecule has 2 heterocycles. The molecule has 2 atom stereocenters. The van der Waals surface area contributed by atoms with Gasteiger partial charge in [0, 0.05) is 25.5 Å². The summed E-state index contributed by atoms with van der Waals surface area (Å²) in [6.07, 6.45) is 5.85. The number of benzene rings is 1. The molecular formula is C17H21N3O. The highest BCUT2D eigenvalue weighted by atomic mass is 16.5. The molecule has 0 aliphatic carbocycles. The molecule has 1 saturated heterocycles. The van der Waals surface area contributed by atoms with Gasteiger partial charge in [0.15, 0.2) is 0 Å². The summed E-state index contributed by atoms with van der Waals surface area (Å²) in [7, 11) is 0. The van der Waals surface area contributed by atoms with Crippen LogP contribution in [0.25, 0.3) is 0 Å². The average Bonchev–Trinajstić information content (AvgIpc) is 2.92. The molecule has 0 unspecified atom stereocenters. The van der Waals surface area contributed by atoms with E-state index in [1.165, 1.54) is 5.56 Å². The normalized spacial score (nSPS) is 21.7. The highest BCUT2D eigenvalue weighted by Crippen LogP contribution is 2.27. The summed E-state index contributed by atoms with van der Waals surface area (Å²) in [5, 5.41) is 0. The van der Waals surface area contributed by atoms with Gasteiger partial charge >= 0.3 is 0 Å². The number of hydrogen-bond acceptors (Lipinski definition) is 4.